The number of halogens is 2. The van der Waals surface area contributed by atoms with E-state index in [4.69, 9.17) is 27.9 Å². The van der Waals surface area contributed by atoms with Crippen LogP contribution in [0.2, 0.25) is 10.0 Å². The molecule has 0 fully saturated rings. The highest BCUT2D eigenvalue weighted by molar-refractivity contribution is 7.33. The van der Waals surface area contributed by atoms with Crippen LogP contribution in [0, 0.1) is 10.1 Å². The van der Waals surface area contributed by atoms with Gasteiger partial charge in [0.25, 0.3) is 5.69 Å². The molecular formula is C16H19Cl2N2O6P. The highest BCUT2D eigenvalue weighted by Gasteiger charge is 2.14. The van der Waals surface area contributed by atoms with Crippen molar-refractivity contribution in [1.29, 1.82) is 0 Å². The van der Waals surface area contributed by atoms with Crippen LogP contribution in [0.5, 0.6) is 11.5 Å². The maximum atomic E-state index is 10.9. The van der Waals surface area contributed by atoms with E-state index in [-0.39, 0.29) is 5.69 Å². The van der Waals surface area contributed by atoms with Crippen molar-refractivity contribution in [2.75, 3.05) is 26.1 Å². The molecule has 0 atom stereocenters. The highest BCUT2D eigenvalue weighted by atomic mass is 35.5. The molecule has 0 aromatic heterocycles. The fourth-order valence-electron chi connectivity index (χ4n) is 1.84. The van der Waals surface area contributed by atoms with Gasteiger partial charge < -0.3 is 19.1 Å². The van der Waals surface area contributed by atoms with Crippen molar-refractivity contribution in [1.82, 2.24) is 0 Å². The van der Waals surface area contributed by atoms with Gasteiger partial charge in [0, 0.05) is 37.9 Å². The number of benzene rings is 2. The number of nitrogens with one attached hydrogen (secondary N) is 1. The molecule has 0 radical (unpaired) electrons. The predicted molar refractivity (Wildman–Crippen MR) is 107 cm³/mol. The molecule has 0 saturated heterocycles. The molecule has 148 valence electrons. The number of anilines is 1. The minimum Gasteiger partial charge on any atom is -0.456 e. The Morgan fingerprint density at radius 1 is 1.15 bits per heavy atom. The van der Waals surface area contributed by atoms with E-state index in [9.17, 15) is 14.7 Å². The third-order valence-corrected chi connectivity index (χ3v) is 4.18. The van der Waals surface area contributed by atoms with E-state index >= 15 is 0 Å². The molecule has 2 aromatic carbocycles. The second kappa shape index (κ2) is 11.8. The molecule has 0 spiro atoms. The van der Waals surface area contributed by atoms with E-state index in [2.05, 4.69) is 14.4 Å². The van der Waals surface area contributed by atoms with Gasteiger partial charge in [0.15, 0.2) is 0 Å². The molecule has 8 nitrogen and oxygen atoms in total. The first-order chi connectivity index (χ1) is 12.8. The summed E-state index contributed by atoms with van der Waals surface area (Å²) in [5, 5.41) is 14.7. The summed E-state index contributed by atoms with van der Waals surface area (Å²) in [6, 6.07) is 9.32. The Kier molecular flexibility index (Phi) is 10.1. The Bertz CT molecular complexity index is 800. The van der Waals surface area contributed by atoms with Gasteiger partial charge in [-0.3, -0.25) is 14.7 Å². The van der Waals surface area contributed by atoms with E-state index in [0.29, 0.717) is 33.8 Å². The van der Waals surface area contributed by atoms with E-state index in [1.165, 1.54) is 26.4 Å². The molecule has 0 bridgehead atoms. The zero-order valence-electron chi connectivity index (χ0n) is 14.8. The average molecular weight is 437 g/mol. The summed E-state index contributed by atoms with van der Waals surface area (Å²) in [6.07, 6.45) is 0. The van der Waals surface area contributed by atoms with Gasteiger partial charge in [-0.2, -0.15) is 0 Å². The van der Waals surface area contributed by atoms with Crippen LogP contribution < -0.4 is 10.1 Å². The van der Waals surface area contributed by atoms with Crippen molar-refractivity contribution in [3.8, 4) is 11.5 Å². The Morgan fingerprint density at radius 3 is 2.30 bits per heavy atom. The first-order valence-electron chi connectivity index (χ1n) is 7.59. The fourth-order valence-corrected chi connectivity index (χ4v) is 2.45. The quantitative estimate of drug-likeness (QED) is 0.332. The van der Waals surface area contributed by atoms with Gasteiger partial charge in [0.2, 0.25) is 0 Å². The number of nitrogens with zero attached hydrogens (tertiary/aromatic N) is 1. The van der Waals surface area contributed by atoms with Crippen LogP contribution in [-0.4, -0.2) is 25.7 Å². The molecule has 0 amide bonds. The molecule has 0 aliphatic carbocycles. The number of nitro benzene ring substituents is 1. The Hall–Kier alpha value is -1.83. The van der Waals surface area contributed by atoms with Crippen molar-refractivity contribution in [2.45, 2.75) is 6.92 Å². The Balaban J connectivity index is 0.000000527. The zero-order chi connectivity index (χ0) is 20.4. The van der Waals surface area contributed by atoms with Gasteiger partial charge >= 0.3 is 8.25 Å². The standard InChI is InChI=1S/C14H12Cl2N2O3.C2H7O3P/c1-2-17-12-8-10(4-5-13(12)18(19)20)21-14-6-3-9(15)7-11(14)16;1-4-6(3)5-2/h3-8,17H,2H2,1H3;6H,1-2H3. The molecule has 11 heteroatoms. The third-order valence-electron chi connectivity index (χ3n) is 2.99. The Morgan fingerprint density at radius 2 is 1.81 bits per heavy atom. The van der Waals surface area contributed by atoms with Gasteiger partial charge in [-0.05, 0) is 31.2 Å². The van der Waals surface area contributed by atoms with Gasteiger partial charge in [-0.1, -0.05) is 23.2 Å². The number of hydrogen-bond acceptors (Lipinski definition) is 7. The normalized spacial score (nSPS) is 10.1. The molecule has 1 N–H and O–H groups in total. The second-order valence-corrected chi connectivity index (χ2v) is 6.96. The summed E-state index contributed by atoms with van der Waals surface area (Å²) >= 11 is 11.8. The van der Waals surface area contributed by atoms with Crippen LogP contribution in [-0.2, 0) is 13.6 Å². The van der Waals surface area contributed by atoms with Crippen LogP contribution in [0.15, 0.2) is 36.4 Å². The summed E-state index contributed by atoms with van der Waals surface area (Å²) in [6.45, 7) is 2.42. The summed E-state index contributed by atoms with van der Waals surface area (Å²) in [5.74, 6) is 0.873. The van der Waals surface area contributed by atoms with E-state index < -0.39 is 13.2 Å². The number of rotatable bonds is 7. The minimum atomic E-state index is -2.12. The first-order valence-corrected chi connectivity index (χ1v) is 9.57. The predicted octanol–water partition coefficient (Wildman–Crippen LogP) is 5.79. The van der Waals surface area contributed by atoms with Crippen molar-refractivity contribution < 1.29 is 23.3 Å². The molecule has 0 heterocycles. The van der Waals surface area contributed by atoms with Gasteiger partial charge in [-0.25, -0.2) is 0 Å². The van der Waals surface area contributed by atoms with Crippen LogP contribution in [0.3, 0.4) is 0 Å². The van der Waals surface area contributed by atoms with Crippen molar-refractivity contribution in [2.24, 2.45) is 0 Å². The molecular weight excluding hydrogens is 418 g/mol. The van der Waals surface area contributed by atoms with E-state index in [1.54, 1.807) is 24.3 Å². The van der Waals surface area contributed by atoms with Crippen molar-refractivity contribution in [3.63, 3.8) is 0 Å². The third kappa shape index (κ3) is 7.74. The first kappa shape index (κ1) is 23.2. The summed E-state index contributed by atoms with van der Waals surface area (Å²) < 4.78 is 24.0. The molecule has 27 heavy (non-hydrogen) atoms. The summed E-state index contributed by atoms with van der Waals surface area (Å²) in [5.41, 5.74) is 0.386. The van der Waals surface area contributed by atoms with E-state index in [1.807, 2.05) is 6.92 Å². The Labute approximate surface area is 167 Å². The lowest BCUT2D eigenvalue weighted by molar-refractivity contribution is -0.384. The SMILES string of the molecule is CCNc1cc(Oc2ccc(Cl)cc2Cl)ccc1[N+](=O)[O-].CO[PH](=O)OC. The topological polar surface area (TPSA) is 99.9 Å². The molecule has 0 unspecified atom stereocenters. The smallest absolute Gasteiger partial charge is 0.318 e. The number of nitro groups is 1. The maximum Gasteiger partial charge on any atom is 0.318 e. The van der Waals surface area contributed by atoms with E-state index in [0.717, 1.165) is 0 Å². The molecule has 0 saturated carbocycles. The molecule has 0 aliphatic rings. The largest absolute Gasteiger partial charge is 0.456 e. The van der Waals surface area contributed by atoms with Crippen molar-refractivity contribution >= 4 is 42.8 Å². The minimum absolute atomic E-state index is 0.00796. The number of hydrogen-bond donors (Lipinski definition) is 1. The van der Waals surface area contributed by atoms with Crippen LogP contribution >= 0.6 is 31.5 Å². The van der Waals surface area contributed by atoms with Gasteiger partial charge in [0.05, 0.1) is 9.95 Å². The van der Waals surface area contributed by atoms with Crippen LogP contribution in [0.4, 0.5) is 11.4 Å². The second-order valence-electron chi connectivity index (χ2n) is 4.80. The number of ether oxygens (including phenoxy) is 1. The molecule has 2 aromatic rings. The molecule has 0 aliphatic heterocycles. The van der Waals surface area contributed by atoms with Crippen LogP contribution in [0.1, 0.15) is 6.92 Å². The summed E-state index contributed by atoms with van der Waals surface area (Å²) in [4.78, 5) is 10.5. The maximum absolute atomic E-state index is 10.9. The van der Waals surface area contributed by atoms with Crippen LogP contribution in [0.25, 0.3) is 0 Å². The lowest BCUT2D eigenvalue weighted by atomic mass is 10.2. The van der Waals surface area contributed by atoms with Gasteiger partial charge in [0.1, 0.15) is 17.2 Å². The van der Waals surface area contributed by atoms with Gasteiger partial charge in [-0.15, -0.1) is 0 Å². The monoisotopic (exact) mass is 436 g/mol. The highest BCUT2D eigenvalue weighted by Crippen LogP contribution is 2.35. The lowest BCUT2D eigenvalue weighted by Crippen LogP contribution is -2.01. The lowest BCUT2D eigenvalue weighted by Gasteiger charge is -2.10. The molecule has 2 rings (SSSR count). The van der Waals surface area contributed by atoms with Crippen molar-refractivity contribution in [3.05, 3.63) is 56.6 Å². The fraction of sp³-hybridized carbons (Fsp3) is 0.250. The zero-order valence-corrected chi connectivity index (χ0v) is 17.3. The summed E-state index contributed by atoms with van der Waals surface area (Å²) in [7, 11) is 0.558. The average Bonchev–Trinajstić information content (AvgIpc) is 2.64.